The molecule has 43 heavy (non-hydrogen) atoms. The van der Waals surface area contributed by atoms with Gasteiger partial charge < -0.3 is 24.6 Å². The molecule has 4 rings (SSSR count). The number of sulfonamides is 1. The highest BCUT2D eigenvalue weighted by Gasteiger charge is 2.25. The van der Waals surface area contributed by atoms with Crippen LogP contribution in [0.4, 0.5) is 10.2 Å². The summed E-state index contributed by atoms with van der Waals surface area (Å²) in [5.41, 5.74) is 2.39. The zero-order valence-corrected chi connectivity index (χ0v) is 24.6. The van der Waals surface area contributed by atoms with Crippen molar-refractivity contribution in [2.75, 3.05) is 25.0 Å². The van der Waals surface area contributed by atoms with E-state index in [1.807, 2.05) is 6.92 Å². The van der Waals surface area contributed by atoms with Crippen LogP contribution in [0.25, 0.3) is 11.0 Å². The van der Waals surface area contributed by atoms with Crippen LogP contribution in [0.5, 0.6) is 11.5 Å². The summed E-state index contributed by atoms with van der Waals surface area (Å²) in [6.07, 6.45) is 3.81. The molecule has 0 saturated carbocycles. The van der Waals surface area contributed by atoms with E-state index in [0.29, 0.717) is 28.7 Å². The molecule has 13 nitrogen and oxygen atoms in total. The Bertz CT molecular complexity index is 1770. The standard InChI is InChI=1S/C28H31FN6O7S/c1-5-19-6-7-22(41-9-8-30-18(3)36)25(12-19)43(38,39)34-27-26-23(40-4)10-20(11-24(26)42-33-27)15-35-16-21(14-32-35)13-31-28(37)17(2)29/h6-7,10-12,14,16H,2,5,8-9,13,15H2,1,3-4H3,(H,30,36)(H,31,37)(H,33,34). The van der Waals surface area contributed by atoms with Crippen LogP contribution in [0.2, 0.25) is 0 Å². The number of aromatic nitrogens is 3. The van der Waals surface area contributed by atoms with E-state index in [1.165, 1.54) is 26.3 Å². The van der Waals surface area contributed by atoms with E-state index in [-0.39, 0.29) is 54.2 Å². The fourth-order valence-corrected chi connectivity index (χ4v) is 5.34. The largest absolute Gasteiger partial charge is 0.496 e. The van der Waals surface area contributed by atoms with Gasteiger partial charge in [0.05, 0.1) is 26.4 Å². The normalized spacial score (nSPS) is 11.3. The fourth-order valence-electron chi connectivity index (χ4n) is 4.13. The van der Waals surface area contributed by atoms with Crippen molar-refractivity contribution in [1.29, 1.82) is 0 Å². The molecule has 228 valence electrons. The van der Waals surface area contributed by atoms with Crippen molar-refractivity contribution < 1.29 is 36.4 Å². The average Bonchev–Trinajstić information content (AvgIpc) is 3.59. The molecule has 0 aliphatic rings. The van der Waals surface area contributed by atoms with Gasteiger partial charge >= 0.3 is 0 Å². The molecule has 0 saturated heterocycles. The lowest BCUT2D eigenvalue weighted by molar-refractivity contribution is -0.119. The van der Waals surface area contributed by atoms with Gasteiger partial charge in [0.1, 0.15) is 28.4 Å². The number of rotatable bonds is 14. The number of nitrogens with zero attached hydrogens (tertiary/aromatic N) is 3. The van der Waals surface area contributed by atoms with E-state index in [2.05, 4.69) is 32.2 Å². The minimum atomic E-state index is -4.20. The Hall–Kier alpha value is -4.92. The first kappa shape index (κ1) is 31.0. The van der Waals surface area contributed by atoms with E-state index in [9.17, 15) is 22.4 Å². The predicted octanol–water partition coefficient (Wildman–Crippen LogP) is 3.06. The minimum Gasteiger partial charge on any atom is -0.496 e. The zero-order valence-electron chi connectivity index (χ0n) is 23.8. The van der Waals surface area contributed by atoms with E-state index in [4.69, 9.17) is 14.0 Å². The highest BCUT2D eigenvalue weighted by Crippen LogP contribution is 2.36. The summed E-state index contributed by atoms with van der Waals surface area (Å²) >= 11 is 0. The maximum atomic E-state index is 13.6. The first-order chi connectivity index (χ1) is 20.5. The molecule has 0 atom stereocenters. The minimum absolute atomic E-state index is 0.0663. The van der Waals surface area contributed by atoms with Crippen LogP contribution in [0, 0.1) is 0 Å². The highest BCUT2D eigenvalue weighted by atomic mass is 32.2. The molecule has 4 aromatic rings. The molecule has 0 aliphatic carbocycles. The molecular weight excluding hydrogens is 583 g/mol. The number of aryl methyl sites for hydroxylation is 1. The topological polar surface area (TPSA) is 167 Å². The van der Waals surface area contributed by atoms with Gasteiger partial charge in [0.2, 0.25) is 5.91 Å². The van der Waals surface area contributed by atoms with Crippen LogP contribution in [0.3, 0.4) is 0 Å². The number of amides is 2. The van der Waals surface area contributed by atoms with Gasteiger partial charge in [-0.2, -0.15) is 5.10 Å². The van der Waals surface area contributed by atoms with Crippen molar-refractivity contribution in [3.8, 4) is 11.5 Å². The summed E-state index contributed by atoms with van der Waals surface area (Å²) in [5, 5.41) is 13.5. The summed E-state index contributed by atoms with van der Waals surface area (Å²) in [4.78, 5) is 22.4. The number of ether oxygens (including phenoxy) is 2. The molecule has 2 aromatic heterocycles. The number of methoxy groups -OCH3 is 1. The Labute approximate surface area is 247 Å². The van der Waals surface area contributed by atoms with Gasteiger partial charge in [0, 0.05) is 25.2 Å². The molecule has 0 bridgehead atoms. The molecule has 2 amide bonds. The summed E-state index contributed by atoms with van der Waals surface area (Å²) in [7, 11) is -2.77. The lowest BCUT2D eigenvalue weighted by Crippen LogP contribution is -2.25. The number of carbonyl (C=O) groups is 2. The van der Waals surface area contributed by atoms with E-state index in [0.717, 1.165) is 5.56 Å². The van der Waals surface area contributed by atoms with Gasteiger partial charge in [-0.15, -0.1) is 0 Å². The molecule has 3 N–H and O–H groups in total. The number of hydrogen-bond acceptors (Lipinski definition) is 9. The lowest BCUT2D eigenvalue weighted by Gasteiger charge is -2.14. The van der Waals surface area contributed by atoms with E-state index >= 15 is 0 Å². The molecule has 0 radical (unpaired) electrons. The van der Waals surface area contributed by atoms with Crippen molar-refractivity contribution in [1.82, 2.24) is 25.6 Å². The summed E-state index contributed by atoms with van der Waals surface area (Å²) in [6.45, 7) is 6.85. The Morgan fingerprint density at radius 2 is 1.91 bits per heavy atom. The van der Waals surface area contributed by atoms with Crippen LogP contribution >= 0.6 is 0 Å². The third-order valence-corrected chi connectivity index (χ3v) is 7.58. The smallest absolute Gasteiger partial charge is 0.279 e. The van der Waals surface area contributed by atoms with Crippen molar-refractivity contribution in [3.63, 3.8) is 0 Å². The Morgan fingerprint density at radius 1 is 1.12 bits per heavy atom. The van der Waals surface area contributed by atoms with Gasteiger partial charge in [-0.25, -0.2) is 12.8 Å². The maximum Gasteiger partial charge on any atom is 0.279 e. The van der Waals surface area contributed by atoms with Gasteiger partial charge in [-0.1, -0.05) is 24.7 Å². The molecule has 2 heterocycles. The van der Waals surface area contributed by atoms with E-state index in [1.54, 1.807) is 35.1 Å². The summed E-state index contributed by atoms with van der Waals surface area (Å²) in [6, 6.07) is 8.23. The third-order valence-electron chi connectivity index (χ3n) is 6.22. The third kappa shape index (κ3) is 7.68. The number of carbonyl (C=O) groups excluding carboxylic acids is 2. The van der Waals surface area contributed by atoms with Crippen LogP contribution < -0.4 is 24.8 Å². The fraction of sp³-hybridized carbons (Fsp3) is 0.286. The molecule has 2 aromatic carbocycles. The van der Waals surface area contributed by atoms with Gasteiger partial charge in [0.25, 0.3) is 15.9 Å². The number of anilines is 1. The second-order valence-electron chi connectivity index (χ2n) is 9.41. The highest BCUT2D eigenvalue weighted by molar-refractivity contribution is 7.92. The van der Waals surface area contributed by atoms with Crippen LogP contribution in [-0.4, -0.2) is 55.4 Å². The van der Waals surface area contributed by atoms with Crippen LogP contribution in [0.15, 0.2) is 64.5 Å². The number of hydrogen-bond donors (Lipinski definition) is 3. The van der Waals surface area contributed by atoms with Crippen molar-refractivity contribution in [2.45, 2.75) is 38.3 Å². The Kier molecular flexibility index (Phi) is 9.65. The number of halogens is 1. The molecule has 0 fully saturated rings. The first-order valence-electron chi connectivity index (χ1n) is 13.1. The first-order valence-corrected chi connectivity index (χ1v) is 14.6. The number of fused-ring (bicyclic) bond motifs is 1. The molecule has 15 heteroatoms. The molecular formula is C28H31FN6O7S. The zero-order chi connectivity index (χ0) is 31.1. The van der Waals surface area contributed by atoms with Gasteiger partial charge in [0.15, 0.2) is 17.2 Å². The van der Waals surface area contributed by atoms with Gasteiger partial charge in [-0.3, -0.25) is 19.0 Å². The van der Waals surface area contributed by atoms with Crippen molar-refractivity contribution >= 4 is 38.6 Å². The van der Waals surface area contributed by atoms with Crippen molar-refractivity contribution in [2.24, 2.45) is 0 Å². The lowest BCUT2D eigenvalue weighted by atomic mass is 10.1. The predicted molar refractivity (Wildman–Crippen MR) is 155 cm³/mol. The quantitative estimate of drug-likeness (QED) is 0.143. The van der Waals surface area contributed by atoms with Crippen LogP contribution in [-0.2, 0) is 39.1 Å². The molecule has 0 unspecified atom stereocenters. The SMILES string of the molecule is C=C(F)C(=O)NCc1cnn(Cc2cc(OC)c3c(NS(=O)(=O)c4cc(CC)ccc4OCCNC(C)=O)noc3c2)c1. The monoisotopic (exact) mass is 614 g/mol. The maximum absolute atomic E-state index is 13.6. The van der Waals surface area contributed by atoms with Crippen LogP contribution in [0.1, 0.15) is 30.5 Å². The molecule has 0 aliphatic heterocycles. The number of benzene rings is 2. The summed E-state index contributed by atoms with van der Waals surface area (Å²) < 4.78 is 60.8. The summed E-state index contributed by atoms with van der Waals surface area (Å²) in [5.74, 6) is -1.86. The van der Waals surface area contributed by atoms with Crippen molar-refractivity contribution in [3.05, 3.63) is 71.8 Å². The molecule has 0 spiro atoms. The second-order valence-corrected chi connectivity index (χ2v) is 11.1. The Morgan fingerprint density at radius 3 is 2.60 bits per heavy atom. The second kappa shape index (κ2) is 13.4. The average molecular weight is 615 g/mol. The number of nitrogens with one attached hydrogen (secondary N) is 3. The Balaban J connectivity index is 1.56. The van der Waals surface area contributed by atoms with E-state index < -0.39 is 21.8 Å². The van der Waals surface area contributed by atoms with Gasteiger partial charge in [-0.05, 0) is 41.8 Å².